The van der Waals surface area contributed by atoms with Crippen LogP contribution in [-0.2, 0) is 6.54 Å². The Labute approximate surface area is 189 Å². The van der Waals surface area contributed by atoms with Crippen LogP contribution in [0.4, 0.5) is 5.82 Å². The summed E-state index contributed by atoms with van der Waals surface area (Å²) in [5.41, 5.74) is 1.61. The predicted molar refractivity (Wildman–Crippen MR) is 125 cm³/mol. The van der Waals surface area contributed by atoms with E-state index in [2.05, 4.69) is 34.6 Å². The highest BCUT2D eigenvalue weighted by atomic mass is 35.5. The maximum atomic E-state index is 12.9. The standard InChI is InChI=1S/C23H34ClN5O2/c1-5-11-25-19-12-18(31-4)17(14-26-19)22-20(24)21(28-29(22)6-2)23(30)27-13-16-9-7-15(3)8-10-16/h12,14-16H,5-11,13H2,1-4H3,(H,25,26)(H,27,30). The summed E-state index contributed by atoms with van der Waals surface area (Å²) >= 11 is 6.69. The first-order valence-corrected chi connectivity index (χ1v) is 11.7. The van der Waals surface area contributed by atoms with Crippen molar-refractivity contribution in [1.29, 1.82) is 0 Å². The number of carbonyl (C=O) groups is 1. The van der Waals surface area contributed by atoms with Crippen LogP contribution in [0.5, 0.6) is 5.75 Å². The third-order valence-electron chi connectivity index (χ3n) is 5.99. The SMILES string of the molecule is CCCNc1cc(OC)c(-c2c(Cl)c(C(=O)NCC3CCC(C)CC3)nn2CC)cn1. The summed E-state index contributed by atoms with van der Waals surface area (Å²) in [6.45, 7) is 8.42. The summed E-state index contributed by atoms with van der Waals surface area (Å²) in [5.74, 6) is 2.45. The first-order valence-electron chi connectivity index (χ1n) is 11.3. The molecule has 0 bridgehead atoms. The lowest BCUT2D eigenvalue weighted by Gasteiger charge is -2.26. The van der Waals surface area contributed by atoms with Crippen LogP contribution in [-0.4, -0.2) is 40.9 Å². The Morgan fingerprint density at radius 3 is 2.68 bits per heavy atom. The number of aromatic nitrogens is 3. The molecule has 1 fully saturated rings. The highest BCUT2D eigenvalue weighted by molar-refractivity contribution is 6.36. The number of halogens is 1. The molecule has 31 heavy (non-hydrogen) atoms. The van der Waals surface area contributed by atoms with E-state index in [0.29, 0.717) is 41.0 Å². The number of pyridine rings is 1. The molecule has 3 rings (SSSR count). The largest absolute Gasteiger partial charge is 0.496 e. The minimum Gasteiger partial charge on any atom is -0.496 e. The molecule has 0 radical (unpaired) electrons. The van der Waals surface area contributed by atoms with Crippen molar-refractivity contribution in [3.63, 3.8) is 0 Å². The highest BCUT2D eigenvalue weighted by Crippen LogP contribution is 2.37. The minimum atomic E-state index is -0.231. The van der Waals surface area contributed by atoms with Gasteiger partial charge in [0.2, 0.25) is 0 Å². The molecule has 2 aromatic rings. The van der Waals surface area contributed by atoms with Crippen LogP contribution in [0, 0.1) is 11.8 Å². The Morgan fingerprint density at radius 1 is 1.29 bits per heavy atom. The second-order valence-corrected chi connectivity index (χ2v) is 8.74. The maximum absolute atomic E-state index is 12.9. The first-order chi connectivity index (χ1) is 15.0. The lowest BCUT2D eigenvalue weighted by Crippen LogP contribution is -2.31. The van der Waals surface area contributed by atoms with Crippen LogP contribution >= 0.6 is 11.6 Å². The number of hydrogen-bond donors (Lipinski definition) is 2. The number of aryl methyl sites for hydroxylation is 1. The van der Waals surface area contributed by atoms with Crippen molar-refractivity contribution in [3.8, 4) is 17.0 Å². The molecule has 0 spiro atoms. The van der Waals surface area contributed by atoms with Gasteiger partial charge < -0.3 is 15.4 Å². The van der Waals surface area contributed by atoms with Crippen LogP contribution in [0.25, 0.3) is 11.3 Å². The zero-order valence-corrected chi connectivity index (χ0v) is 19.8. The summed E-state index contributed by atoms with van der Waals surface area (Å²) in [6, 6.07) is 1.85. The van der Waals surface area contributed by atoms with Crippen molar-refractivity contribution in [2.45, 2.75) is 59.4 Å². The van der Waals surface area contributed by atoms with Gasteiger partial charge >= 0.3 is 0 Å². The number of methoxy groups -OCH3 is 1. The van der Waals surface area contributed by atoms with E-state index >= 15 is 0 Å². The number of amides is 1. The molecule has 1 aliphatic carbocycles. The van der Waals surface area contributed by atoms with Gasteiger partial charge in [-0.2, -0.15) is 5.10 Å². The molecule has 2 heterocycles. The number of anilines is 1. The smallest absolute Gasteiger partial charge is 0.273 e. The molecule has 2 aromatic heterocycles. The second kappa shape index (κ2) is 10.8. The van der Waals surface area contributed by atoms with Gasteiger partial charge in [0.1, 0.15) is 11.6 Å². The van der Waals surface area contributed by atoms with Crippen molar-refractivity contribution in [1.82, 2.24) is 20.1 Å². The Bertz CT molecular complexity index is 890. The van der Waals surface area contributed by atoms with E-state index < -0.39 is 0 Å². The van der Waals surface area contributed by atoms with E-state index in [1.165, 1.54) is 12.8 Å². The average molecular weight is 448 g/mol. The molecule has 0 atom stereocenters. The maximum Gasteiger partial charge on any atom is 0.273 e. The highest BCUT2D eigenvalue weighted by Gasteiger charge is 2.26. The van der Waals surface area contributed by atoms with Gasteiger partial charge in [-0.05, 0) is 38.0 Å². The van der Waals surface area contributed by atoms with Crippen LogP contribution in [0.3, 0.4) is 0 Å². The number of nitrogens with zero attached hydrogens (tertiary/aromatic N) is 3. The normalized spacial score (nSPS) is 18.6. The first kappa shape index (κ1) is 23.4. The Balaban J connectivity index is 1.82. The van der Waals surface area contributed by atoms with Gasteiger partial charge in [0.25, 0.3) is 5.91 Å². The fraction of sp³-hybridized carbons (Fsp3) is 0.609. The van der Waals surface area contributed by atoms with Crippen LogP contribution in [0.15, 0.2) is 12.3 Å². The average Bonchev–Trinajstić information content (AvgIpc) is 3.13. The predicted octanol–water partition coefficient (Wildman–Crippen LogP) is 5.01. The molecule has 0 aliphatic heterocycles. The topological polar surface area (TPSA) is 81.1 Å². The third-order valence-corrected chi connectivity index (χ3v) is 6.35. The van der Waals surface area contributed by atoms with E-state index in [0.717, 1.165) is 37.5 Å². The number of carbonyl (C=O) groups excluding carboxylic acids is 1. The summed E-state index contributed by atoms with van der Waals surface area (Å²) in [4.78, 5) is 17.4. The van der Waals surface area contributed by atoms with Crippen molar-refractivity contribution >= 4 is 23.3 Å². The molecule has 1 saturated carbocycles. The van der Waals surface area contributed by atoms with Gasteiger partial charge in [-0.25, -0.2) is 4.98 Å². The number of rotatable bonds is 9. The lowest BCUT2D eigenvalue weighted by molar-refractivity contribution is 0.0936. The minimum absolute atomic E-state index is 0.231. The molecular formula is C23H34ClN5O2. The van der Waals surface area contributed by atoms with E-state index in [1.54, 1.807) is 18.0 Å². The van der Waals surface area contributed by atoms with Gasteiger partial charge in [0.05, 0.1) is 23.4 Å². The molecule has 8 heteroatoms. The molecular weight excluding hydrogens is 414 g/mol. The van der Waals surface area contributed by atoms with E-state index in [-0.39, 0.29) is 11.6 Å². The summed E-state index contributed by atoms with van der Waals surface area (Å²) in [5, 5.41) is 11.1. The van der Waals surface area contributed by atoms with Crippen LogP contribution < -0.4 is 15.4 Å². The number of hydrogen-bond acceptors (Lipinski definition) is 5. The lowest BCUT2D eigenvalue weighted by atomic mass is 9.83. The Hall–Kier alpha value is -2.28. The molecule has 0 saturated heterocycles. The van der Waals surface area contributed by atoms with E-state index in [4.69, 9.17) is 16.3 Å². The van der Waals surface area contributed by atoms with Crippen molar-refractivity contribution < 1.29 is 9.53 Å². The molecule has 2 N–H and O–H groups in total. The van der Waals surface area contributed by atoms with E-state index in [9.17, 15) is 4.79 Å². The van der Waals surface area contributed by atoms with Crippen LogP contribution in [0.2, 0.25) is 5.02 Å². The molecule has 170 valence electrons. The molecule has 0 aromatic carbocycles. The van der Waals surface area contributed by atoms with E-state index in [1.807, 2.05) is 13.0 Å². The third kappa shape index (κ3) is 5.50. The van der Waals surface area contributed by atoms with Gasteiger partial charge in [0, 0.05) is 31.9 Å². The quantitative estimate of drug-likeness (QED) is 0.565. The molecule has 1 amide bonds. The number of nitrogens with one attached hydrogen (secondary N) is 2. The van der Waals surface area contributed by atoms with Crippen LogP contribution in [0.1, 0.15) is 63.4 Å². The van der Waals surface area contributed by atoms with Gasteiger partial charge in [-0.3, -0.25) is 9.48 Å². The molecule has 7 nitrogen and oxygen atoms in total. The summed E-state index contributed by atoms with van der Waals surface area (Å²) < 4.78 is 7.33. The monoisotopic (exact) mass is 447 g/mol. The van der Waals surface area contributed by atoms with Crippen molar-refractivity contribution in [3.05, 3.63) is 23.0 Å². The zero-order chi connectivity index (χ0) is 22.4. The number of ether oxygens (including phenoxy) is 1. The molecule has 1 aliphatic rings. The van der Waals surface area contributed by atoms with Crippen molar-refractivity contribution in [2.75, 3.05) is 25.5 Å². The zero-order valence-electron chi connectivity index (χ0n) is 19.0. The van der Waals surface area contributed by atoms with Gasteiger partial charge in [-0.1, -0.05) is 38.3 Å². The van der Waals surface area contributed by atoms with Crippen molar-refractivity contribution in [2.24, 2.45) is 11.8 Å². The Kier molecular flexibility index (Phi) is 8.18. The molecule has 0 unspecified atom stereocenters. The summed E-state index contributed by atoms with van der Waals surface area (Å²) in [6.07, 6.45) is 7.49. The Morgan fingerprint density at radius 2 is 2.03 bits per heavy atom. The summed E-state index contributed by atoms with van der Waals surface area (Å²) in [7, 11) is 1.61. The fourth-order valence-electron chi connectivity index (χ4n) is 4.06. The fourth-order valence-corrected chi connectivity index (χ4v) is 4.38. The van der Waals surface area contributed by atoms with Gasteiger partial charge in [0.15, 0.2) is 5.69 Å². The van der Waals surface area contributed by atoms with Gasteiger partial charge in [-0.15, -0.1) is 0 Å². The second-order valence-electron chi connectivity index (χ2n) is 8.36.